The van der Waals surface area contributed by atoms with E-state index in [0.717, 1.165) is 12.1 Å². The smallest absolute Gasteiger partial charge is 0.269 e. The van der Waals surface area contributed by atoms with E-state index in [1.54, 1.807) is 0 Å². The summed E-state index contributed by atoms with van der Waals surface area (Å²) in [6.07, 6.45) is -67.9. The van der Waals surface area contributed by atoms with E-state index in [1.165, 1.54) is 12.1 Å². The third kappa shape index (κ3) is 14.6. The second kappa shape index (κ2) is 30.2. The van der Waals surface area contributed by atoms with Crippen molar-refractivity contribution < 1.29 is 184 Å². The monoisotopic (exact) mass is 1270 g/mol. The fraction of sp³-hybridized carbons (Fsp3) is 0.875. The molecule has 39 nitrogen and oxygen atoms in total. The van der Waals surface area contributed by atoms with Crippen LogP contribution < -0.4 is 4.74 Å². The number of nitro benzene ring substituents is 1. The van der Waals surface area contributed by atoms with Gasteiger partial charge in [0.05, 0.1) is 51.2 Å². The van der Waals surface area contributed by atoms with Gasteiger partial charge in [0, 0.05) is 12.1 Å². The Labute approximate surface area is 489 Å². The number of non-ortho nitro benzene ring substituents is 1. The molecule has 8 rings (SSSR count). The topological polar surface area (TPSA) is 617 Å². The van der Waals surface area contributed by atoms with Crippen molar-refractivity contribution in [3.05, 3.63) is 34.4 Å². The summed E-state index contributed by atoms with van der Waals surface area (Å²) < 4.78 is 78.5. The van der Waals surface area contributed by atoms with E-state index in [2.05, 4.69) is 0 Å². The lowest BCUT2D eigenvalue weighted by molar-refractivity contribution is -0.397. The Morgan fingerprint density at radius 3 is 0.736 bits per heavy atom. The summed E-state index contributed by atoms with van der Waals surface area (Å²) >= 11 is 0. The second-order valence-corrected chi connectivity index (χ2v) is 21.4. The predicted octanol–water partition coefficient (Wildman–Crippen LogP) is -14.3. The molecular weight excluding hydrogens is 1200 g/mol. The zero-order valence-electron chi connectivity index (χ0n) is 45.3. The maximum atomic E-state index is 11.4. The number of aliphatic hydroxyl groups is 22. The lowest BCUT2D eigenvalue weighted by atomic mass is 9.95. The molecule has 7 heterocycles. The van der Waals surface area contributed by atoms with Crippen LogP contribution in [0, 0.1) is 10.1 Å². The van der Waals surface area contributed by atoms with E-state index in [4.69, 9.17) is 66.3 Å². The molecular formula is C48H75NO38. The van der Waals surface area contributed by atoms with Crippen molar-refractivity contribution in [3.63, 3.8) is 0 Å². The van der Waals surface area contributed by atoms with E-state index >= 15 is 0 Å². The molecule has 0 saturated carbocycles. The van der Waals surface area contributed by atoms with E-state index in [0.29, 0.717) is 0 Å². The van der Waals surface area contributed by atoms with Crippen LogP contribution in [0.15, 0.2) is 24.3 Å². The van der Waals surface area contributed by atoms with Gasteiger partial charge in [0.2, 0.25) is 6.29 Å². The number of hydrogen-bond acceptors (Lipinski definition) is 38. The quantitative estimate of drug-likeness (QED) is 0.0379. The molecule has 87 heavy (non-hydrogen) atoms. The predicted molar refractivity (Wildman–Crippen MR) is 263 cm³/mol. The van der Waals surface area contributed by atoms with Crippen LogP contribution in [0.4, 0.5) is 5.69 Å². The minimum atomic E-state index is -2.25. The number of nitro groups is 1. The van der Waals surface area contributed by atoms with E-state index in [-0.39, 0.29) is 11.4 Å². The molecule has 0 amide bonds. The molecule has 7 saturated heterocycles. The number of benzene rings is 1. The molecule has 0 spiro atoms. The average molecular weight is 1270 g/mol. The Bertz CT molecular complexity index is 2280. The molecule has 1 aromatic rings. The summed E-state index contributed by atoms with van der Waals surface area (Å²) in [6, 6.07) is 4.52. The number of rotatable bonds is 22. The summed E-state index contributed by atoms with van der Waals surface area (Å²) in [5.74, 6) is -0.0449. The maximum Gasteiger partial charge on any atom is 0.269 e. The van der Waals surface area contributed by atoms with Gasteiger partial charge in [0.1, 0.15) is 177 Å². The third-order valence-electron chi connectivity index (χ3n) is 15.8. The molecule has 22 N–H and O–H groups in total. The zero-order valence-corrected chi connectivity index (χ0v) is 45.3. The Kier molecular flexibility index (Phi) is 24.3. The minimum Gasteiger partial charge on any atom is -0.462 e. The molecule has 7 fully saturated rings. The van der Waals surface area contributed by atoms with Crippen LogP contribution in [0.5, 0.6) is 5.75 Å². The van der Waals surface area contributed by atoms with Crippen molar-refractivity contribution in [2.75, 3.05) is 46.2 Å². The fourth-order valence-corrected chi connectivity index (χ4v) is 10.9. The van der Waals surface area contributed by atoms with Crippen molar-refractivity contribution in [2.45, 2.75) is 215 Å². The molecule has 7 aliphatic rings. The van der Waals surface area contributed by atoms with Gasteiger partial charge < -0.3 is 179 Å². The molecule has 7 aliphatic heterocycles. The van der Waals surface area contributed by atoms with Crippen LogP contribution in [0.1, 0.15) is 0 Å². The first-order chi connectivity index (χ1) is 41.4. The molecule has 1 aromatic carbocycles. The number of aliphatic hydroxyl groups excluding tert-OH is 22. The summed E-state index contributed by atoms with van der Waals surface area (Å²) in [5, 5.41) is 247. The first-order valence-corrected chi connectivity index (χ1v) is 27.3. The lowest BCUT2D eigenvalue weighted by Gasteiger charge is -2.50. The Morgan fingerprint density at radius 1 is 0.299 bits per heavy atom. The highest BCUT2D eigenvalue weighted by Crippen LogP contribution is 2.38. The molecule has 0 radical (unpaired) electrons. The standard InChI is InChI=1S/C48H75NO38/c50-5-14-21(57)22(58)29(65)43(75-14)82-37-16(7-52)77-45(31(67)24(37)60)84-39-18(9-54)79-47(33(69)26(39)62)86-41-20(11-56)81-48(35(71)28(41)64)87-40-19(10-55)80-46(34(70)27(40)63)85-38-17(8-53)78-44(32(68)25(38)61)83-36-15(6-51)76-42(30(66)23(36)59)74-13-3-1-12(2-4-13)49(72)73/h1-4,14-48,50-71H,5-11H2/t14-,15-,16-,17-,18-,19-,20-,21-,22+,23-,24-,25-,26-,27-,28-,29-,30-,31-,32-,33-,34-,35-,36-,37-,38-,39-,40-,41-,42+,43-,44-,45-,46-,47-,48-/m1/s1. The summed E-state index contributed by atoms with van der Waals surface area (Å²) in [7, 11) is 0. The van der Waals surface area contributed by atoms with Crippen molar-refractivity contribution >= 4 is 5.69 Å². The third-order valence-corrected chi connectivity index (χ3v) is 15.8. The highest BCUT2D eigenvalue weighted by molar-refractivity contribution is 5.36. The number of nitrogens with zero attached hydrogens (tertiary/aromatic N) is 1. The largest absolute Gasteiger partial charge is 0.462 e. The van der Waals surface area contributed by atoms with Gasteiger partial charge in [-0.2, -0.15) is 0 Å². The van der Waals surface area contributed by atoms with Crippen molar-refractivity contribution in [3.8, 4) is 5.75 Å². The first-order valence-electron chi connectivity index (χ1n) is 27.3. The summed E-state index contributed by atoms with van der Waals surface area (Å²) in [5.41, 5.74) is -0.289. The van der Waals surface area contributed by atoms with Crippen LogP contribution in [-0.4, -0.2) is 378 Å². The van der Waals surface area contributed by atoms with Gasteiger partial charge in [0.15, 0.2) is 37.7 Å². The SMILES string of the molecule is O=[N+]([O-])c1ccc(O[C@H]2O[C@H](CO)[C@@H](O[C@H]3O[C@H](CO)[C@@H](O[C@H]4O[C@H](CO)[C@@H](O[C@H]5O[C@H](CO)[C@@H](O[C@H]6O[C@H](CO)[C@@H](O[C@H]7O[C@H](CO)[C@@H](O[C@H]8O[C@H](CO)[C@@H](O)[C@H](O)[C@H]8O)[C@H](O)[C@H]7O)[C@H](O)[C@H]6O)[C@H](O)[C@H]5O)[C@H](O)[C@H]4O)[C@H](O)[C@H]3O)[C@H](O)[C@H]2O)cc1. The maximum absolute atomic E-state index is 11.4. The van der Waals surface area contributed by atoms with E-state index in [1.807, 2.05) is 0 Å². The average Bonchev–Trinajstić information content (AvgIpc) is 1.64. The Balaban J connectivity index is 0.850. The number of hydrogen-bond donors (Lipinski definition) is 22. The van der Waals surface area contributed by atoms with Crippen LogP contribution >= 0.6 is 0 Å². The lowest BCUT2D eigenvalue weighted by Crippen LogP contribution is -2.68. The highest BCUT2D eigenvalue weighted by Gasteiger charge is 2.59. The van der Waals surface area contributed by atoms with Gasteiger partial charge in [0.25, 0.3) is 5.69 Å². The van der Waals surface area contributed by atoms with Crippen LogP contribution in [0.3, 0.4) is 0 Å². The summed E-state index contributed by atoms with van der Waals surface area (Å²) in [6.45, 7) is -6.99. The minimum absolute atomic E-state index is 0.0449. The first kappa shape index (κ1) is 69.9. The molecule has 0 unspecified atom stereocenters. The van der Waals surface area contributed by atoms with Gasteiger partial charge in [-0.15, -0.1) is 0 Å². The van der Waals surface area contributed by atoms with Gasteiger partial charge in [-0.3, -0.25) is 10.1 Å². The molecule has 0 aliphatic carbocycles. The van der Waals surface area contributed by atoms with Crippen LogP contribution in [0.25, 0.3) is 0 Å². The zero-order chi connectivity index (χ0) is 63.6. The Morgan fingerprint density at radius 2 is 0.506 bits per heavy atom. The van der Waals surface area contributed by atoms with Crippen molar-refractivity contribution in [1.82, 2.24) is 0 Å². The molecule has 39 heteroatoms. The molecule has 0 aromatic heterocycles. The summed E-state index contributed by atoms with van der Waals surface area (Å²) in [4.78, 5) is 10.4. The highest BCUT2D eigenvalue weighted by atomic mass is 16.8. The van der Waals surface area contributed by atoms with Gasteiger partial charge >= 0.3 is 0 Å². The molecule has 500 valence electrons. The Hall–Kier alpha value is -2.98. The van der Waals surface area contributed by atoms with E-state index < -0.39 is 266 Å². The molecule has 35 atom stereocenters. The van der Waals surface area contributed by atoms with Gasteiger partial charge in [-0.05, 0) is 12.1 Å². The fourth-order valence-electron chi connectivity index (χ4n) is 10.9. The second-order valence-electron chi connectivity index (χ2n) is 21.4. The van der Waals surface area contributed by atoms with Crippen LogP contribution in [0.2, 0.25) is 0 Å². The molecule has 0 bridgehead atoms. The van der Waals surface area contributed by atoms with Gasteiger partial charge in [-0.1, -0.05) is 0 Å². The number of ether oxygens (including phenoxy) is 14. The van der Waals surface area contributed by atoms with E-state index in [9.17, 15) is 122 Å². The van der Waals surface area contributed by atoms with Gasteiger partial charge in [-0.25, -0.2) is 0 Å². The van der Waals surface area contributed by atoms with Crippen LogP contribution in [-0.2, 0) is 61.6 Å². The van der Waals surface area contributed by atoms with Crippen molar-refractivity contribution in [2.24, 2.45) is 0 Å². The normalized spacial score (nSPS) is 49.1. The van der Waals surface area contributed by atoms with Crippen molar-refractivity contribution in [1.29, 1.82) is 0 Å².